The molecular weight excluding hydrogens is 250 g/mol. The van der Waals surface area contributed by atoms with Crippen molar-refractivity contribution in [2.75, 3.05) is 13.1 Å². The van der Waals surface area contributed by atoms with Crippen LogP contribution in [0.5, 0.6) is 5.75 Å². The summed E-state index contributed by atoms with van der Waals surface area (Å²) >= 11 is 0. The maximum atomic E-state index is 10.5. The van der Waals surface area contributed by atoms with E-state index >= 15 is 0 Å². The van der Waals surface area contributed by atoms with E-state index in [1.165, 1.54) is 0 Å². The van der Waals surface area contributed by atoms with Crippen molar-refractivity contribution in [1.29, 1.82) is 0 Å². The fourth-order valence-corrected chi connectivity index (χ4v) is 3.60. The molecule has 20 heavy (non-hydrogen) atoms. The van der Waals surface area contributed by atoms with Crippen molar-refractivity contribution in [2.24, 2.45) is 0 Å². The second-order valence-electron chi connectivity index (χ2n) is 6.53. The number of nitrogens with zero attached hydrogens (tertiary/aromatic N) is 1. The predicted molar refractivity (Wildman–Crippen MR) is 79.9 cm³/mol. The maximum absolute atomic E-state index is 10.5. The average molecular weight is 275 g/mol. The van der Waals surface area contributed by atoms with E-state index in [2.05, 4.69) is 18.7 Å². The quantitative estimate of drug-likeness (QED) is 0.854. The number of ether oxygens (including phenoxy) is 1. The molecule has 3 heteroatoms. The molecule has 3 nitrogen and oxygen atoms in total. The molecule has 0 amide bonds. The summed E-state index contributed by atoms with van der Waals surface area (Å²) in [4.78, 5) is 2.52. The molecule has 3 rings (SSSR count). The zero-order valence-corrected chi connectivity index (χ0v) is 12.5. The number of aliphatic hydroxyl groups is 1. The molecule has 1 aromatic carbocycles. The monoisotopic (exact) mass is 275 g/mol. The molecule has 0 aliphatic carbocycles. The molecule has 1 N–H and O–H groups in total. The van der Waals surface area contributed by atoms with Crippen molar-refractivity contribution in [3.8, 4) is 5.75 Å². The van der Waals surface area contributed by atoms with E-state index in [9.17, 15) is 5.11 Å². The first-order valence-electron chi connectivity index (χ1n) is 7.80. The first kappa shape index (κ1) is 13.9. The molecule has 0 saturated carbocycles. The third kappa shape index (κ3) is 2.57. The Bertz CT molecular complexity index is 474. The van der Waals surface area contributed by atoms with Crippen LogP contribution in [0.2, 0.25) is 0 Å². The Morgan fingerprint density at radius 3 is 2.85 bits per heavy atom. The second kappa shape index (κ2) is 5.38. The topological polar surface area (TPSA) is 32.7 Å². The van der Waals surface area contributed by atoms with Crippen molar-refractivity contribution in [2.45, 2.75) is 57.3 Å². The molecule has 0 radical (unpaired) electrons. The highest BCUT2D eigenvalue weighted by molar-refractivity contribution is 5.38. The van der Waals surface area contributed by atoms with E-state index in [1.807, 2.05) is 24.3 Å². The van der Waals surface area contributed by atoms with Crippen LogP contribution in [0.15, 0.2) is 24.3 Å². The molecule has 1 spiro atoms. The minimum atomic E-state index is -0.384. The summed E-state index contributed by atoms with van der Waals surface area (Å²) in [5.41, 5.74) is 0.778. The van der Waals surface area contributed by atoms with Crippen molar-refractivity contribution < 1.29 is 9.84 Å². The second-order valence-corrected chi connectivity index (χ2v) is 6.53. The van der Waals surface area contributed by atoms with Gasteiger partial charge in [-0.1, -0.05) is 18.2 Å². The smallest absolute Gasteiger partial charge is 0.125 e. The van der Waals surface area contributed by atoms with Crippen LogP contribution in [0.1, 0.15) is 51.2 Å². The van der Waals surface area contributed by atoms with Crippen molar-refractivity contribution in [3.05, 3.63) is 29.8 Å². The van der Waals surface area contributed by atoms with Gasteiger partial charge in [0, 0.05) is 24.6 Å². The fraction of sp³-hybridized carbons (Fsp3) is 0.647. The molecule has 110 valence electrons. The zero-order chi connectivity index (χ0) is 14.2. The number of fused-ring (bicyclic) bond motifs is 1. The molecule has 1 saturated heterocycles. The van der Waals surface area contributed by atoms with Gasteiger partial charge in [-0.2, -0.15) is 0 Å². The van der Waals surface area contributed by atoms with Gasteiger partial charge in [0.15, 0.2) is 0 Å². The van der Waals surface area contributed by atoms with E-state index in [4.69, 9.17) is 4.74 Å². The SMILES string of the molecule is CC(C)N1CCCC2(CC1)C[C@H](O)c1ccccc1O2. The third-order valence-electron chi connectivity index (χ3n) is 4.83. The molecule has 2 aliphatic heterocycles. The van der Waals surface area contributed by atoms with Gasteiger partial charge in [-0.25, -0.2) is 0 Å². The zero-order valence-electron chi connectivity index (χ0n) is 12.5. The van der Waals surface area contributed by atoms with Gasteiger partial charge in [-0.05, 0) is 45.7 Å². The Kier molecular flexibility index (Phi) is 3.74. The number of aliphatic hydroxyl groups excluding tert-OH is 1. The first-order chi connectivity index (χ1) is 9.60. The summed E-state index contributed by atoms with van der Waals surface area (Å²) in [7, 11) is 0. The average Bonchev–Trinajstić information content (AvgIpc) is 2.62. The fourth-order valence-electron chi connectivity index (χ4n) is 3.60. The minimum absolute atomic E-state index is 0.169. The number of para-hydroxylation sites is 1. The molecule has 2 aliphatic rings. The molecular formula is C17H25NO2. The van der Waals surface area contributed by atoms with Gasteiger partial charge >= 0.3 is 0 Å². The molecule has 2 atom stereocenters. The van der Waals surface area contributed by atoms with Gasteiger partial charge in [0.25, 0.3) is 0 Å². The van der Waals surface area contributed by atoms with Crippen LogP contribution in [-0.2, 0) is 0 Å². The van der Waals surface area contributed by atoms with Crippen molar-refractivity contribution >= 4 is 0 Å². The lowest BCUT2D eigenvalue weighted by Crippen LogP contribution is -2.42. The minimum Gasteiger partial charge on any atom is -0.487 e. The highest BCUT2D eigenvalue weighted by Gasteiger charge is 2.41. The van der Waals surface area contributed by atoms with Crippen LogP contribution in [0.3, 0.4) is 0 Å². The Morgan fingerprint density at radius 1 is 1.25 bits per heavy atom. The molecule has 1 fully saturated rings. The van der Waals surface area contributed by atoms with Crippen LogP contribution in [0, 0.1) is 0 Å². The van der Waals surface area contributed by atoms with E-state index in [0.717, 1.165) is 50.1 Å². The number of hydrogen-bond acceptors (Lipinski definition) is 3. The largest absolute Gasteiger partial charge is 0.487 e. The van der Waals surface area contributed by atoms with Crippen LogP contribution in [-0.4, -0.2) is 34.7 Å². The van der Waals surface area contributed by atoms with Crippen molar-refractivity contribution in [1.82, 2.24) is 4.90 Å². The number of rotatable bonds is 1. The highest BCUT2D eigenvalue weighted by Crippen LogP contribution is 2.44. The van der Waals surface area contributed by atoms with Gasteiger partial charge in [0.2, 0.25) is 0 Å². The summed E-state index contributed by atoms with van der Waals surface area (Å²) < 4.78 is 6.35. The standard InChI is InChI=1S/C17H25NO2/c1-13(2)18-10-5-8-17(9-11-18)12-15(19)14-6-3-4-7-16(14)20-17/h3-4,6-7,13,15,19H,5,8-12H2,1-2H3/t15-,17?/m0/s1. The molecule has 0 bridgehead atoms. The summed E-state index contributed by atoms with van der Waals surface area (Å²) in [5.74, 6) is 0.879. The van der Waals surface area contributed by atoms with Crippen LogP contribution in [0.25, 0.3) is 0 Å². The van der Waals surface area contributed by atoms with E-state index < -0.39 is 0 Å². The summed E-state index contributed by atoms with van der Waals surface area (Å²) in [6.07, 6.45) is 3.55. The van der Waals surface area contributed by atoms with Crippen LogP contribution < -0.4 is 4.74 Å². The van der Waals surface area contributed by atoms with Crippen molar-refractivity contribution in [3.63, 3.8) is 0 Å². The van der Waals surface area contributed by atoms with Gasteiger partial charge in [0.05, 0.1) is 6.10 Å². The summed E-state index contributed by atoms with van der Waals surface area (Å²) in [5, 5.41) is 10.5. The Hall–Kier alpha value is -1.06. The van der Waals surface area contributed by atoms with Crippen LogP contribution in [0.4, 0.5) is 0 Å². The summed E-state index contributed by atoms with van der Waals surface area (Å²) in [6, 6.07) is 8.51. The number of benzene rings is 1. The van der Waals surface area contributed by atoms with E-state index in [1.54, 1.807) is 0 Å². The molecule has 2 heterocycles. The maximum Gasteiger partial charge on any atom is 0.125 e. The highest BCUT2D eigenvalue weighted by atomic mass is 16.5. The lowest BCUT2D eigenvalue weighted by Gasteiger charge is -2.40. The van der Waals surface area contributed by atoms with E-state index in [-0.39, 0.29) is 11.7 Å². The normalized spacial score (nSPS) is 30.9. The predicted octanol–water partition coefficient (Wildman–Crippen LogP) is 3.14. The Morgan fingerprint density at radius 2 is 2.05 bits per heavy atom. The molecule has 1 aromatic rings. The van der Waals surface area contributed by atoms with Gasteiger partial charge in [-0.15, -0.1) is 0 Å². The number of hydrogen-bond donors (Lipinski definition) is 1. The third-order valence-corrected chi connectivity index (χ3v) is 4.83. The van der Waals surface area contributed by atoms with Gasteiger partial charge in [0.1, 0.15) is 11.4 Å². The Labute approximate surface area is 121 Å². The first-order valence-corrected chi connectivity index (χ1v) is 7.80. The van der Waals surface area contributed by atoms with Crippen LogP contribution >= 0.6 is 0 Å². The van der Waals surface area contributed by atoms with E-state index in [0.29, 0.717) is 6.04 Å². The van der Waals surface area contributed by atoms with Gasteiger partial charge in [-0.3, -0.25) is 0 Å². The molecule has 0 aromatic heterocycles. The lowest BCUT2D eigenvalue weighted by atomic mass is 9.83. The number of likely N-dealkylation sites (tertiary alicyclic amines) is 1. The Balaban J connectivity index is 1.81. The van der Waals surface area contributed by atoms with Gasteiger partial charge < -0.3 is 14.7 Å². The summed E-state index contributed by atoms with van der Waals surface area (Å²) in [6.45, 7) is 6.71. The molecule has 1 unspecified atom stereocenters. The lowest BCUT2D eigenvalue weighted by molar-refractivity contribution is -0.0242.